The van der Waals surface area contributed by atoms with Crippen molar-refractivity contribution in [2.24, 2.45) is 0 Å². The fourth-order valence-electron chi connectivity index (χ4n) is 1.97. The average molecular weight is 306 g/mol. The third kappa shape index (κ3) is 2.64. The van der Waals surface area contributed by atoms with E-state index in [-0.39, 0.29) is 5.69 Å². The van der Waals surface area contributed by atoms with Crippen molar-refractivity contribution in [3.63, 3.8) is 0 Å². The van der Waals surface area contributed by atoms with E-state index in [1.54, 1.807) is 7.05 Å². The highest BCUT2D eigenvalue weighted by Gasteiger charge is 2.12. The minimum Gasteiger partial charge on any atom is -0.357 e. The summed E-state index contributed by atoms with van der Waals surface area (Å²) >= 11 is 1.53. The molecule has 0 saturated carbocycles. The maximum absolute atomic E-state index is 13.8. The highest BCUT2D eigenvalue weighted by molar-refractivity contribution is 7.18. The Bertz CT molecular complexity index is 816. The van der Waals surface area contributed by atoms with Crippen molar-refractivity contribution < 1.29 is 8.78 Å². The van der Waals surface area contributed by atoms with Crippen LogP contribution in [0.4, 0.5) is 26.2 Å². The molecule has 0 fully saturated rings. The molecule has 0 aliphatic carbocycles. The Morgan fingerprint density at radius 3 is 2.67 bits per heavy atom. The summed E-state index contributed by atoms with van der Waals surface area (Å²) in [7, 11) is 1.71. The lowest BCUT2D eigenvalue weighted by atomic mass is 10.2. The van der Waals surface area contributed by atoms with Crippen molar-refractivity contribution in [2.75, 3.05) is 17.7 Å². The van der Waals surface area contributed by atoms with Crippen LogP contribution in [0.15, 0.2) is 24.3 Å². The maximum atomic E-state index is 13.8. The number of nitrogens with one attached hydrogen (secondary N) is 2. The molecule has 0 aliphatic rings. The molecule has 0 spiro atoms. The largest absolute Gasteiger partial charge is 0.357 e. The van der Waals surface area contributed by atoms with E-state index in [2.05, 4.69) is 20.6 Å². The highest BCUT2D eigenvalue weighted by atomic mass is 32.1. The SMILES string of the molecule is CNc1nc(Nc2ccc(F)cc2F)c2cc(C)sc2n1. The molecule has 4 nitrogen and oxygen atoms in total. The van der Waals surface area contributed by atoms with Crippen LogP contribution in [-0.2, 0) is 0 Å². The van der Waals surface area contributed by atoms with Crippen molar-refractivity contribution in [3.8, 4) is 0 Å². The molecule has 0 saturated heterocycles. The predicted molar refractivity (Wildman–Crippen MR) is 81.3 cm³/mol. The summed E-state index contributed by atoms with van der Waals surface area (Å²) in [5.41, 5.74) is 0.169. The Hall–Kier alpha value is -2.28. The topological polar surface area (TPSA) is 49.8 Å². The fraction of sp³-hybridized carbons (Fsp3) is 0.143. The van der Waals surface area contributed by atoms with E-state index in [1.807, 2.05) is 13.0 Å². The van der Waals surface area contributed by atoms with Gasteiger partial charge in [0.2, 0.25) is 5.95 Å². The van der Waals surface area contributed by atoms with Crippen LogP contribution in [0.3, 0.4) is 0 Å². The number of rotatable bonds is 3. The van der Waals surface area contributed by atoms with Gasteiger partial charge in [0.25, 0.3) is 0 Å². The third-order valence-corrected chi connectivity index (χ3v) is 3.87. The first-order valence-corrected chi connectivity index (χ1v) is 7.06. The molecule has 3 aromatic rings. The third-order valence-electron chi connectivity index (χ3n) is 2.92. The quantitative estimate of drug-likeness (QED) is 0.766. The number of hydrogen-bond donors (Lipinski definition) is 2. The Labute approximate surface area is 123 Å². The Balaban J connectivity index is 2.10. The van der Waals surface area contributed by atoms with E-state index >= 15 is 0 Å². The number of hydrogen-bond acceptors (Lipinski definition) is 5. The first-order valence-electron chi connectivity index (χ1n) is 6.25. The van der Waals surface area contributed by atoms with Gasteiger partial charge in [-0.15, -0.1) is 11.3 Å². The molecule has 0 atom stereocenters. The predicted octanol–water partition coefficient (Wildman–Crippen LogP) is 4.06. The standard InChI is InChI=1S/C14H12F2N4S/c1-7-5-9-12(19-14(17-2)20-13(9)21-7)18-11-4-3-8(15)6-10(11)16/h3-6H,1-2H3,(H2,17,18,19,20). The van der Waals surface area contributed by atoms with Gasteiger partial charge >= 0.3 is 0 Å². The van der Waals surface area contributed by atoms with Gasteiger partial charge in [-0.1, -0.05) is 0 Å². The van der Waals surface area contributed by atoms with E-state index < -0.39 is 11.6 Å². The molecule has 7 heteroatoms. The number of nitrogens with zero attached hydrogens (tertiary/aromatic N) is 2. The summed E-state index contributed by atoms with van der Waals surface area (Å²) in [5, 5.41) is 6.58. The van der Waals surface area contributed by atoms with E-state index in [1.165, 1.54) is 23.5 Å². The zero-order valence-electron chi connectivity index (χ0n) is 11.4. The van der Waals surface area contributed by atoms with Crippen molar-refractivity contribution >= 4 is 39.0 Å². The maximum Gasteiger partial charge on any atom is 0.225 e. The number of fused-ring (bicyclic) bond motifs is 1. The minimum atomic E-state index is -0.667. The van der Waals surface area contributed by atoms with Gasteiger partial charge in [0.15, 0.2) is 0 Å². The molecular weight excluding hydrogens is 294 g/mol. The Morgan fingerprint density at radius 1 is 1.14 bits per heavy atom. The normalized spacial score (nSPS) is 10.9. The van der Waals surface area contributed by atoms with Crippen LogP contribution < -0.4 is 10.6 Å². The summed E-state index contributed by atoms with van der Waals surface area (Å²) in [6.07, 6.45) is 0. The zero-order chi connectivity index (χ0) is 15.0. The van der Waals surface area contributed by atoms with Gasteiger partial charge in [-0.05, 0) is 25.1 Å². The minimum absolute atomic E-state index is 0.169. The second-order valence-electron chi connectivity index (χ2n) is 4.47. The second kappa shape index (κ2) is 5.25. The lowest BCUT2D eigenvalue weighted by Crippen LogP contribution is -2.02. The van der Waals surface area contributed by atoms with Crippen LogP contribution >= 0.6 is 11.3 Å². The number of halogens is 2. The van der Waals surface area contributed by atoms with Crippen LogP contribution in [0.2, 0.25) is 0 Å². The van der Waals surface area contributed by atoms with E-state index in [9.17, 15) is 8.78 Å². The van der Waals surface area contributed by atoms with Crippen LogP contribution in [0.25, 0.3) is 10.2 Å². The van der Waals surface area contributed by atoms with Crippen LogP contribution in [-0.4, -0.2) is 17.0 Å². The van der Waals surface area contributed by atoms with Gasteiger partial charge in [0.1, 0.15) is 22.3 Å². The van der Waals surface area contributed by atoms with Crippen LogP contribution in [0.5, 0.6) is 0 Å². The lowest BCUT2D eigenvalue weighted by molar-refractivity contribution is 0.586. The summed E-state index contributed by atoms with van der Waals surface area (Å²) in [5.74, 6) is -0.360. The summed E-state index contributed by atoms with van der Waals surface area (Å²) in [4.78, 5) is 10.5. The zero-order valence-corrected chi connectivity index (χ0v) is 12.2. The summed E-state index contributed by atoms with van der Waals surface area (Å²) in [6.45, 7) is 1.97. The van der Waals surface area contributed by atoms with Crippen LogP contribution in [0, 0.1) is 18.6 Å². The fourth-order valence-corrected chi connectivity index (χ4v) is 2.85. The Kier molecular flexibility index (Phi) is 3.42. The molecule has 0 unspecified atom stereocenters. The van der Waals surface area contributed by atoms with E-state index in [0.29, 0.717) is 11.8 Å². The van der Waals surface area contributed by atoms with Gasteiger partial charge < -0.3 is 10.6 Å². The molecule has 1 aromatic carbocycles. The van der Waals surface area contributed by atoms with Crippen molar-refractivity contribution in [3.05, 3.63) is 40.8 Å². The Morgan fingerprint density at radius 2 is 1.95 bits per heavy atom. The summed E-state index contributed by atoms with van der Waals surface area (Å²) < 4.78 is 26.7. The summed E-state index contributed by atoms with van der Waals surface area (Å²) in [6, 6.07) is 5.31. The van der Waals surface area contributed by atoms with Crippen molar-refractivity contribution in [1.82, 2.24) is 9.97 Å². The molecule has 0 aliphatic heterocycles. The molecule has 3 rings (SSSR count). The number of anilines is 3. The molecular formula is C14H12F2N4S. The number of thiophene rings is 1. The first-order chi connectivity index (χ1) is 10.1. The van der Waals surface area contributed by atoms with E-state index in [0.717, 1.165) is 21.2 Å². The monoisotopic (exact) mass is 306 g/mol. The molecule has 0 radical (unpaired) electrons. The smallest absolute Gasteiger partial charge is 0.225 e. The molecule has 0 bridgehead atoms. The molecule has 2 N–H and O–H groups in total. The molecule has 2 aromatic heterocycles. The molecule has 108 valence electrons. The number of aryl methyl sites for hydroxylation is 1. The highest BCUT2D eigenvalue weighted by Crippen LogP contribution is 2.31. The van der Waals surface area contributed by atoms with Crippen molar-refractivity contribution in [1.29, 1.82) is 0 Å². The van der Waals surface area contributed by atoms with Gasteiger partial charge in [0, 0.05) is 18.0 Å². The average Bonchev–Trinajstić information content (AvgIpc) is 2.82. The number of benzene rings is 1. The lowest BCUT2D eigenvalue weighted by Gasteiger charge is -2.09. The van der Waals surface area contributed by atoms with E-state index in [4.69, 9.17) is 0 Å². The first kappa shape index (κ1) is 13.7. The van der Waals surface area contributed by atoms with Gasteiger partial charge in [-0.2, -0.15) is 4.98 Å². The van der Waals surface area contributed by atoms with Gasteiger partial charge in [-0.3, -0.25) is 0 Å². The second-order valence-corrected chi connectivity index (χ2v) is 5.71. The molecule has 0 amide bonds. The molecule has 21 heavy (non-hydrogen) atoms. The van der Waals surface area contributed by atoms with Gasteiger partial charge in [-0.25, -0.2) is 13.8 Å². The van der Waals surface area contributed by atoms with Crippen molar-refractivity contribution in [2.45, 2.75) is 6.92 Å². The number of aromatic nitrogens is 2. The van der Waals surface area contributed by atoms with Gasteiger partial charge in [0.05, 0.1) is 11.1 Å². The van der Waals surface area contributed by atoms with Crippen LogP contribution in [0.1, 0.15) is 4.88 Å². The molecule has 2 heterocycles.